The minimum absolute atomic E-state index is 0.0218. The summed E-state index contributed by atoms with van der Waals surface area (Å²) in [5.41, 5.74) is 5.70. The Bertz CT molecular complexity index is 1080. The van der Waals surface area contributed by atoms with Crippen LogP contribution in [-0.4, -0.2) is 73.2 Å². The number of amides is 3. The van der Waals surface area contributed by atoms with Gasteiger partial charge in [-0.15, -0.1) is 0 Å². The molecule has 0 radical (unpaired) electrons. The number of furan rings is 1. The van der Waals surface area contributed by atoms with Crippen molar-refractivity contribution in [2.75, 3.05) is 38.6 Å². The van der Waals surface area contributed by atoms with Gasteiger partial charge in [-0.2, -0.15) is 8.68 Å². The summed E-state index contributed by atoms with van der Waals surface area (Å²) in [6.45, 7) is 1.89. The van der Waals surface area contributed by atoms with Crippen LogP contribution >= 0.6 is 11.5 Å². The Kier molecular flexibility index (Phi) is 6.09. The average Bonchev–Trinajstić information content (AvgIpc) is 3.35. The Morgan fingerprint density at radius 3 is 2.47 bits per heavy atom. The minimum atomic E-state index is -3.97. The van der Waals surface area contributed by atoms with Crippen molar-refractivity contribution >= 4 is 44.5 Å². The Balaban J connectivity index is 1.65. The summed E-state index contributed by atoms with van der Waals surface area (Å²) < 4.78 is 40.2. The molecule has 1 fully saturated rings. The molecule has 0 bridgehead atoms. The van der Waals surface area contributed by atoms with Crippen LogP contribution in [0.25, 0.3) is 0 Å². The lowest BCUT2D eigenvalue weighted by atomic mass is 10.2. The molecule has 3 amide bonds. The number of hydrogen-bond donors (Lipinski definition) is 2. The second-order valence-corrected chi connectivity index (χ2v) is 8.91. The summed E-state index contributed by atoms with van der Waals surface area (Å²) in [6.07, 6.45) is 0. The van der Waals surface area contributed by atoms with Gasteiger partial charge in [0.2, 0.25) is 5.09 Å². The largest absolute Gasteiger partial charge is 0.465 e. The molecule has 12 nitrogen and oxygen atoms in total. The predicted molar refractivity (Wildman–Crippen MR) is 105 cm³/mol. The second kappa shape index (κ2) is 8.41. The van der Waals surface area contributed by atoms with Gasteiger partial charge in [0.15, 0.2) is 5.76 Å². The number of carbonyl (C=O) groups excluding carboxylic acids is 3. The fourth-order valence-corrected chi connectivity index (χ4v) is 4.93. The maximum absolute atomic E-state index is 12.6. The summed E-state index contributed by atoms with van der Waals surface area (Å²) in [6, 6.07) is 1.86. The van der Waals surface area contributed by atoms with Gasteiger partial charge < -0.3 is 19.8 Å². The van der Waals surface area contributed by atoms with E-state index in [-0.39, 0.29) is 42.5 Å². The topological polar surface area (TPSA) is 165 Å². The number of esters is 1. The standard InChI is InChI=1S/C16H19N5O7S2/c1-9-12(15(23)27-2)14(29-19-9)18-16(24)20-5-7-21(8-6-20)30(25,26)11-4-3-10(28-11)13(17)22/h3-4H,5-8H2,1-2H3,(H2,17,22)(H,18,24). The SMILES string of the molecule is COC(=O)c1c(C)nsc1NC(=O)N1CCN(S(=O)(=O)c2ccc(C(N)=O)o2)CC1. The molecular formula is C16H19N5O7S2. The third-order valence-electron chi connectivity index (χ3n) is 4.42. The summed E-state index contributed by atoms with van der Waals surface area (Å²) in [7, 11) is -2.74. The van der Waals surface area contributed by atoms with Gasteiger partial charge in [0.1, 0.15) is 10.6 Å². The quantitative estimate of drug-likeness (QED) is 0.611. The lowest BCUT2D eigenvalue weighted by molar-refractivity contribution is 0.0601. The van der Waals surface area contributed by atoms with E-state index in [2.05, 4.69) is 9.69 Å². The molecule has 0 spiro atoms. The van der Waals surface area contributed by atoms with E-state index in [1.807, 2.05) is 0 Å². The number of methoxy groups -OCH3 is 1. The fraction of sp³-hybridized carbons (Fsp3) is 0.375. The first kappa shape index (κ1) is 21.7. The van der Waals surface area contributed by atoms with Crippen LogP contribution in [0, 0.1) is 6.92 Å². The average molecular weight is 457 g/mol. The van der Waals surface area contributed by atoms with Crippen molar-refractivity contribution in [1.82, 2.24) is 13.6 Å². The van der Waals surface area contributed by atoms with E-state index in [9.17, 15) is 22.8 Å². The van der Waals surface area contributed by atoms with Crippen LogP contribution in [0.5, 0.6) is 0 Å². The molecule has 2 aromatic rings. The van der Waals surface area contributed by atoms with E-state index in [0.717, 1.165) is 21.9 Å². The van der Waals surface area contributed by atoms with Gasteiger partial charge in [-0.1, -0.05) is 0 Å². The van der Waals surface area contributed by atoms with E-state index in [0.29, 0.717) is 5.69 Å². The molecule has 0 aliphatic carbocycles. The lowest BCUT2D eigenvalue weighted by Crippen LogP contribution is -2.51. The van der Waals surface area contributed by atoms with E-state index < -0.39 is 33.0 Å². The van der Waals surface area contributed by atoms with Gasteiger partial charge in [-0.05, 0) is 30.6 Å². The fourth-order valence-electron chi connectivity index (χ4n) is 2.82. The maximum Gasteiger partial charge on any atom is 0.342 e. The molecule has 1 aliphatic rings. The van der Waals surface area contributed by atoms with Crippen LogP contribution in [0.4, 0.5) is 9.80 Å². The van der Waals surface area contributed by atoms with Gasteiger partial charge in [-0.25, -0.2) is 18.0 Å². The van der Waals surface area contributed by atoms with Gasteiger partial charge >= 0.3 is 12.0 Å². The van der Waals surface area contributed by atoms with Crippen LogP contribution in [0.1, 0.15) is 26.6 Å². The number of nitrogens with two attached hydrogens (primary N) is 1. The van der Waals surface area contributed by atoms with Gasteiger partial charge in [0, 0.05) is 26.2 Å². The molecule has 0 saturated carbocycles. The zero-order valence-electron chi connectivity index (χ0n) is 16.1. The first-order chi connectivity index (χ1) is 14.1. The first-order valence-corrected chi connectivity index (χ1v) is 10.9. The number of piperazine rings is 1. The number of nitrogens with zero attached hydrogens (tertiary/aromatic N) is 3. The summed E-state index contributed by atoms with van der Waals surface area (Å²) in [5.74, 6) is -1.74. The number of rotatable bonds is 5. The van der Waals surface area contributed by atoms with Crippen molar-refractivity contribution in [3.63, 3.8) is 0 Å². The van der Waals surface area contributed by atoms with Crippen LogP contribution in [-0.2, 0) is 14.8 Å². The first-order valence-electron chi connectivity index (χ1n) is 8.65. The Hall–Kier alpha value is -2.97. The van der Waals surface area contributed by atoms with E-state index in [4.69, 9.17) is 14.9 Å². The number of ether oxygens (including phenoxy) is 1. The van der Waals surface area contributed by atoms with E-state index >= 15 is 0 Å². The Morgan fingerprint density at radius 1 is 1.23 bits per heavy atom. The number of aryl methyl sites for hydroxylation is 1. The number of sulfonamides is 1. The van der Waals surface area contributed by atoms with Crippen LogP contribution in [0.3, 0.4) is 0 Å². The molecule has 0 unspecified atom stereocenters. The molecule has 1 aliphatic heterocycles. The number of nitrogens with one attached hydrogen (secondary N) is 1. The maximum atomic E-state index is 12.6. The van der Waals surface area contributed by atoms with Gasteiger partial charge in [0.05, 0.1) is 12.8 Å². The normalized spacial score (nSPS) is 15.1. The molecule has 2 aromatic heterocycles. The van der Waals surface area contributed by atoms with Gasteiger partial charge in [-0.3, -0.25) is 10.1 Å². The van der Waals surface area contributed by atoms with Crippen molar-refractivity contribution in [1.29, 1.82) is 0 Å². The molecule has 30 heavy (non-hydrogen) atoms. The molecule has 3 rings (SSSR count). The van der Waals surface area contributed by atoms with Crippen LogP contribution < -0.4 is 11.1 Å². The van der Waals surface area contributed by atoms with Crippen molar-refractivity contribution in [2.45, 2.75) is 12.0 Å². The highest BCUT2D eigenvalue weighted by atomic mass is 32.2. The number of carbonyl (C=O) groups is 3. The molecule has 0 atom stereocenters. The molecule has 1 saturated heterocycles. The summed E-state index contributed by atoms with van der Waals surface area (Å²) >= 11 is 0.953. The highest BCUT2D eigenvalue weighted by Gasteiger charge is 2.33. The number of anilines is 1. The highest BCUT2D eigenvalue weighted by molar-refractivity contribution is 7.89. The Labute approximate surface area is 175 Å². The zero-order chi connectivity index (χ0) is 22.1. The zero-order valence-corrected chi connectivity index (χ0v) is 17.7. The van der Waals surface area contributed by atoms with Crippen LogP contribution in [0.15, 0.2) is 21.6 Å². The number of urea groups is 1. The Morgan fingerprint density at radius 2 is 1.90 bits per heavy atom. The van der Waals surface area contributed by atoms with Crippen molar-refractivity contribution in [3.8, 4) is 0 Å². The van der Waals surface area contributed by atoms with Crippen molar-refractivity contribution < 1.29 is 32.0 Å². The molecule has 3 N–H and O–H groups in total. The third-order valence-corrected chi connectivity index (χ3v) is 7.04. The molecule has 3 heterocycles. The van der Waals surface area contributed by atoms with Crippen molar-refractivity contribution in [2.24, 2.45) is 5.73 Å². The second-order valence-electron chi connectivity index (χ2n) is 6.27. The molecular weight excluding hydrogens is 438 g/mol. The van der Waals surface area contributed by atoms with Gasteiger partial charge in [0.25, 0.3) is 15.9 Å². The summed E-state index contributed by atoms with van der Waals surface area (Å²) in [4.78, 5) is 36.9. The predicted octanol–water partition coefficient (Wildman–Crippen LogP) is 0.468. The molecule has 162 valence electrons. The number of primary amides is 1. The number of hydrogen-bond acceptors (Lipinski definition) is 9. The van der Waals surface area contributed by atoms with E-state index in [1.165, 1.54) is 18.1 Å². The minimum Gasteiger partial charge on any atom is -0.465 e. The molecule has 14 heteroatoms. The molecule has 0 aromatic carbocycles. The van der Waals surface area contributed by atoms with E-state index in [1.54, 1.807) is 6.92 Å². The van der Waals surface area contributed by atoms with Crippen molar-refractivity contribution in [3.05, 3.63) is 29.2 Å². The van der Waals surface area contributed by atoms with Crippen LogP contribution in [0.2, 0.25) is 0 Å². The smallest absolute Gasteiger partial charge is 0.342 e. The monoisotopic (exact) mass is 457 g/mol. The highest BCUT2D eigenvalue weighted by Crippen LogP contribution is 2.26. The number of aromatic nitrogens is 1. The lowest BCUT2D eigenvalue weighted by Gasteiger charge is -2.33. The third kappa shape index (κ3) is 4.15. The summed E-state index contributed by atoms with van der Waals surface area (Å²) in [5, 5.41) is 2.49.